The average Bonchev–Trinajstić information content (AvgIpc) is 1.94. The number of aliphatic carboxylic acids is 1. The van der Waals surface area contributed by atoms with Crippen LogP contribution in [-0.2, 0) is 11.2 Å². The predicted molar refractivity (Wildman–Crippen MR) is 46.7 cm³/mol. The van der Waals surface area contributed by atoms with Gasteiger partial charge in [0.1, 0.15) is 5.75 Å². The summed E-state index contributed by atoms with van der Waals surface area (Å²) in [5.74, 6) is -0.984. The number of phenolic OH excluding ortho intramolecular Hbond substituents is 1. The van der Waals surface area contributed by atoms with E-state index in [1.807, 2.05) is 0 Å². The second-order valence-electron chi connectivity index (χ2n) is 2.38. The first kappa shape index (κ1) is 8.93. The highest BCUT2D eigenvalue weighted by Gasteiger charge is 2.05. The molecule has 0 atom stereocenters. The number of hydrogen-bond acceptors (Lipinski definition) is 3. The summed E-state index contributed by atoms with van der Waals surface area (Å²) in [6, 6.07) is 4.61. The molecule has 4 heteroatoms. The van der Waals surface area contributed by atoms with Crippen LogP contribution in [0.4, 0.5) is 0 Å². The van der Waals surface area contributed by atoms with Crippen LogP contribution in [0.1, 0.15) is 5.56 Å². The molecule has 0 fully saturated rings. The van der Waals surface area contributed by atoms with Crippen molar-refractivity contribution in [1.29, 1.82) is 0 Å². The minimum absolute atomic E-state index is 0.0232. The number of carboxylic acid groups (broad SMARTS) is 1. The van der Waals surface area contributed by atoms with E-state index in [-0.39, 0.29) is 12.2 Å². The Balaban J connectivity index is 2.93. The van der Waals surface area contributed by atoms with Gasteiger partial charge in [0.25, 0.3) is 0 Å². The third kappa shape index (κ3) is 2.17. The lowest BCUT2D eigenvalue weighted by atomic mass is 10.1. The van der Waals surface area contributed by atoms with Gasteiger partial charge in [0.05, 0.1) is 6.42 Å². The van der Waals surface area contributed by atoms with Crippen molar-refractivity contribution in [3.63, 3.8) is 0 Å². The third-order valence-electron chi connectivity index (χ3n) is 1.41. The summed E-state index contributed by atoms with van der Waals surface area (Å²) >= 11 is 3.98. The molecule has 0 amide bonds. The topological polar surface area (TPSA) is 57.5 Å². The number of benzene rings is 1. The van der Waals surface area contributed by atoms with E-state index in [2.05, 4.69) is 12.6 Å². The molecule has 1 aromatic carbocycles. The van der Waals surface area contributed by atoms with Crippen LogP contribution in [0.2, 0.25) is 0 Å². The largest absolute Gasteiger partial charge is 0.508 e. The molecule has 0 bridgehead atoms. The number of hydrogen-bond donors (Lipinski definition) is 3. The van der Waals surface area contributed by atoms with Gasteiger partial charge in [-0.3, -0.25) is 4.79 Å². The molecule has 0 spiro atoms. The average molecular weight is 184 g/mol. The first-order chi connectivity index (χ1) is 5.59. The normalized spacial score (nSPS) is 9.75. The van der Waals surface area contributed by atoms with E-state index in [1.165, 1.54) is 6.07 Å². The molecule has 0 aliphatic heterocycles. The zero-order valence-corrected chi connectivity index (χ0v) is 7.08. The van der Waals surface area contributed by atoms with Crippen LogP contribution in [0.3, 0.4) is 0 Å². The van der Waals surface area contributed by atoms with Crippen molar-refractivity contribution in [3.05, 3.63) is 23.8 Å². The predicted octanol–water partition coefficient (Wildman–Crippen LogP) is 1.31. The maximum absolute atomic E-state index is 10.3. The number of carboxylic acids is 1. The lowest BCUT2D eigenvalue weighted by molar-refractivity contribution is -0.136. The summed E-state index contributed by atoms with van der Waals surface area (Å²) in [5, 5.41) is 17.7. The van der Waals surface area contributed by atoms with Gasteiger partial charge in [0.15, 0.2) is 0 Å². The standard InChI is InChI=1S/C8H8O3S/c9-7-4-6(12)2-1-5(7)3-8(10)11/h1-2,4,9,12H,3H2,(H,10,11). The van der Waals surface area contributed by atoms with Gasteiger partial charge < -0.3 is 10.2 Å². The summed E-state index contributed by atoms with van der Waals surface area (Å²) in [7, 11) is 0. The Morgan fingerprint density at radius 2 is 2.17 bits per heavy atom. The number of rotatable bonds is 2. The molecular weight excluding hydrogens is 176 g/mol. The van der Waals surface area contributed by atoms with Gasteiger partial charge in [-0.1, -0.05) is 6.07 Å². The molecule has 0 radical (unpaired) electrons. The third-order valence-corrected chi connectivity index (χ3v) is 1.69. The molecule has 64 valence electrons. The van der Waals surface area contributed by atoms with Crippen LogP contribution in [0.5, 0.6) is 5.75 Å². The Morgan fingerprint density at radius 3 is 2.67 bits per heavy atom. The molecule has 0 saturated carbocycles. The first-order valence-electron chi connectivity index (χ1n) is 3.32. The van der Waals surface area contributed by atoms with Gasteiger partial charge in [0.2, 0.25) is 0 Å². The molecule has 0 aromatic heterocycles. The summed E-state index contributed by atoms with van der Waals surface area (Å²) in [5.41, 5.74) is 0.403. The molecule has 0 aliphatic rings. The zero-order chi connectivity index (χ0) is 9.14. The van der Waals surface area contributed by atoms with E-state index >= 15 is 0 Å². The summed E-state index contributed by atoms with van der Waals surface area (Å²) in [6.45, 7) is 0. The molecule has 0 aliphatic carbocycles. The summed E-state index contributed by atoms with van der Waals surface area (Å²) < 4.78 is 0. The Labute approximate surface area is 75.1 Å². The van der Waals surface area contributed by atoms with Gasteiger partial charge in [-0.2, -0.15) is 0 Å². The number of phenols is 1. The lowest BCUT2D eigenvalue weighted by Crippen LogP contribution is -1.99. The molecule has 12 heavy (non-hydrogen) atoms. The molecule has 0 saturated heterocycles. The van der Waals surface area contributed by atoms with E-state index in [0.717, 1.165) is 0 Å². The van der Waals surface area contributed by atoms with Crippen molar-refractivity contribution < 1.29 is 15.0 Å². The van der Waals surface area contributed by atoms with Crippen molar-refractivity contribution >= 4 is 18.6 Å². The van der Waals surface area contributed by atoms with Gasteiger partial charge in [-0.15, -0.1) is 12.6 Å². The van der Waals surface area contributed by atoms with Crippen LogP contribution < -0.4 is 0 Å². The second kappa shape index (κ2) is 3.49. The smallest absolute Gasteiger partial charge is 0.307 e. The molecule has 1 rings (SSSR count). The fraction of sp³-hybridized carbons (Fsp3) is 0.125. The summed E-state index contributed by atoms with van der Waals surface area (Å²) in [6.07, 6.45) is -0.167. The van der Waals surface area contributed by atoms with Crippen LogP contribution in [0.15, 0.2) is 23.1 Å². The monoisotopic (exact) mass is 184 g/mol. The molecular formula is C8H8O3S. The number of carbonyl (C=O) groups is 1. The number of aromatic hydroxyl groups is 1. The SMILES string of the molecule is O=C(O)Cc1ccc(S)cc1O. The molecule has 0 unspecified atom stereocenters. The van der Waals surface area contributed by atoms with E-state index in [0.29, 0.717) is 10.5 Å². The van der Waals surface area contributed by atoms with Crippen LogP contribution in [-0.4, -0.2) is 16.2 Å². The quantitative estimate of drug-likeness (QED) is 0.607. The van der Waals surface area contributed by atoms with Crippen molar-refractivity contribution in [2.75, 3.05) is 0 Å². The minimum Gasteiger partial charge on any atom is -0.508 e. The molecule has 2 N–H and O–H groups in total. The second-order valence-corrected chi connectivity index (χ2v) is 2.90. The molecule has 0 heterocycles. The lowest BCUT2D eigenvalue weighted by Gasteiger charge is -2.01. The highest BCUT2D eigenvalue weighted by molar-refractivity contribution is 7.80. The highest BCUT2D eigenvalue weighted by atomic mass is 32.1. The van der Waals surface area contributed by atoms with Crippen LogP contribution in [0, 0.1) is 0 Å². The number of thiol groups is 1. The van der Waals surface area contributed by atoms with E-state index in [4.69, 9.17) is 5.11 Å². The van der Waals surface area contributed by atoms with Crippen molar-refractivity contribution in [2.45, 2.75) is 11.3 Å². The van der Waals surface area contributed by atoms with E-state index in [9.17, 15) is 9.90 Å². The van der Waals surface area contributed by atoms with Crippen molar-refractivity contribution in [2.24, 2.45) is 0 Å². The van der Waals surface area contributed by atoms with Crippen molar-refractivity contribution in [1.82, 2.24) is 0 Å². The van der Waals surface area contributed by atoms with Crippen LogP contribution >= 0.6 is 12.6 Å². The highest BCUT2D eigenvalue weighted by Crippen LogP contribution is 2.20. The van der Waals surface area contributed by atoms with E-state index < -0.39 is 5.97 Å². The fourth-order valence-electron chi connectivity index (χ4n) is 0.865. The molecule has 3 nitrogen and oxygen atoms in total. The van der Waals surface area contributed by atoms with Gasteiger partial charge in [-0.25, -0.2) is 0 Å². The summed E-state index contributed by atoms with van der Waals surface area (Å²) in [4.78, 5) is 10.9. The maximum Gasteiger partial charge on any atom is 0.307 e. The molecule has 1 aromatic rings. The Hall–Kier alpha value is -1.16. The Morgan fingerprint density at radius 1 is 1.50 bits per heavy atom. The fourth-order valence-corrected chi connectivity index (χ4v) is 1.06. The van der Waals surface area contributed by atoms with Gasteiger partial charge in [-0.05, 0) is 12.1 Å². The first-order valence-corrected chi connectivity index (χ1v) is 3.77. The van der Waals surface area contributed by atoms with Gasteiger partial charge >= 0.3 is 5.97 Å². The van der Waals surface area contributed by atoms with Gasteiger partial charge in [0, 0.05) is 10.5 Å². The maximum atomic E-state index is 10.3. The van der Waals surface area contributed by atoms with Crippen molar-refractivity contribution in [3.8, 4) is 5.75 Å². The Bertz CT molecular complexity index is 309. The van der Waals surface area contributed by atoms with Crippen LogP contribution in [0.25, 0.3) is 0 Å². The zero-order valence-electron chi connectivity index (χ0n) is 6.19. The van der Waals surface area contributed by atoms with E-state index in [1.54, 1.807) is 12.1 Å². The minimum atomic E-state index is -0.961. The Kier molecular flexibility index (Phi) is 2.60.